The molecule has 2 aliphatic rings. The number of anilines is 2. The van der Waals surface area contributed by atoms with Crippen molar-refractivity contribution in [3.63, 3.8) is 0 Å². The van der Waals surface area contributed by atoms with Crippen molar-refractivity contribution in [1.29, 1.82) is 5.26 Å². The van der Waals surface area contributed by atoms with Crippen LogP contribution in [0.4, 0.5) is 24.5 Å². The van der Waals surface area contributed by atoms with Gasteiger partial charge in [-0.05, 0) is 92.0 Å². The first-order valence-electron chi connectivity index (χ1n) is 22.4. The number of nitriles is 1. The Kier molecular flexibility index (Phi) is 17.4. The average molecular weight is 1010 g/mol. The predicted octanol–water partition coefficient (Wildman–Crippen LogP) is 6.16. The van der Waals surface area contributed by atoms with Crippen LogP contribution >= 0.6 is 23.6 Å². The Hall–Kier alpha value is -6.02. The number of aryl methyl sites for hydroxylation is 1. The molecule has 70 heavy (non-hydrogen) atoms. The summed E-state index contributed by atoms with van der Waals surface area (Å²) >= 11 is 7.16. The minimum Gasteiger partial charge on any atom is -0.491 e. The number of nitrogens with zero attached hydrogens (tertiary/aromatic N) is 5. The third kappa shape index (κ3) is 12.8. The minimum absolute atomic E-state index is 0.0248. The van der Waals surface area contributed by atoms with E-state index in [1.807, 2.05) is 31.2 Å². The van der Waals surface area contributed by atoms with Gasteiger partial charge in [-0.25, -0.2) is 4.98 Å². The van der Waals surface area contributed by atoms with Crippen LogP contribution in [0.5, 0.6) is 5.75 Å². The maximum absolute atomic E-state index is 13.9. The number of aliphatic hydroxyl groups excluding tert-OH is 1. The molecule has 3 N–H and O–H groups in total. The number of rotatable bonds is 20. The van der Waals surface area contributed by atoms with Gasteiger partial charge in [0.2, 0.25) is 17.7 Å². The summed E-state index contributed by atoms with van der Waals surface area (Å²) < 4.78 is 63.5. The lowest BCUT2D eigenvalue weighted by molar-refractivity contribution is -0.144. The van der Waals surface area contributed by atoms with Crippen molar-refractivity contribution in [1.82, 2.24) is 20.5 Å². The van der Waals surface area contributed by atoms with Gasteiger partial charge in [0.25, 0.3) is 5.91 Å². The van der Waals surface area contributed by atoms with Gasteiger partial charge in [-0.2, -0.15) is 18.4 Å². The summed E-state index contributed by atoms with van der Waals surface area (Å²) in [5.74, 6) is -1.45. The van der Waals surface area contributed by atoms with Crippen molar-refractivity contribution in [3.8, 4) is 22.3 Å². The number of aliphatic hydroxyl groups is 1. The zero-order chi connectivity index (χ0) is 51.0. The van der Waals surface area contributed by atoms with Gasteiger partial charge in [0.1, 0.15) is 36.6 Å². The quantitative estimate of drug-likeness (QED) is 0.0673. The van der Waals surface area contributed by atoms with Crippen molar-refractivity contribution in [3.05, 3.63) is 94.6 Å². The monoisotopic (exact) mass is 1010 g/mol. The maximum atomic E-state index is 13.9. The Morgan fingerprint density at radius 1 is 0.957 bits per heavy atom. The van der Waals surface area contributed by atoms with Crippen molar-refractivity contribution in [2.45, 2.75) is 84.4 Å². The van der Waals surface area contributed by atoms with Gasteiger partial charge < -0.3 is 44.5 Å². The number of benzene rings is 3. The largest absolute Gasteiger partial charge is 0.491 e. The van der Waals surface area contributed by atoms with Crippen molar-refractivity contribution in [2.24, 2.45) is 5.41 Å². The van der Waals surface area contributed by atoms with E-state index in [2.05, 4.69) is 15.6 Å². The Morgan fingerprint density at radius 3 is 2.19 bits per heavy atom. The summed E-state index contributed by atoms with van der Waals surface area (Å²) in [6, 6.07) is 17.1. The molecule has 21 heteroatoms. The number of amides is 4. The highest BCUT2D eigenvalue weighted by Crippen LogP contribution is 2.40. The third-order valence-electron chi connectivity index (χ3n) is 11.6. The van der Waals surface area contributed by atoms with E-state index in [1.165, 1.54) is 17.0 Å². The molecule has 3 atom stereocenters. The number of likely N-dealkylation sites (tertiary alicyclic amines) is 1. The first-order valence-corrected chi connectivity index (χ1v) is 23.7. The fourth-order valence-corrected chi connectivity index (χ4v) is 9.29. The van der Waals surface area contributed by atoms with Crippen LogP contribution in [0.1, 0.15) is 63.4 Å². The molecule has 0 bridgehead atoms. The number of ether oxygens (including phenoxy) is 4. The number of hydrogen-bond donors (Lipinski definition) is 3. The second-order valence-electron chi connectivity index (χ2n) is 18.2. The first kappa shape index (κ1) is 53.3. The van der Waals surface area contributed by atoms with Crippen LogP contribution in [0.2, 0.25) is 0 Å². The summed E-state index contributed by atoms with van der Waals surface area (Å²) in [6.07, 6.45) is -5.64. The van der Waals surface area contributed by atoms with Gasteiger partial charge >= 0.3 is 6.18 Å². The molecular formula is C49H56F3N7O9S2. The normalized spacial score (nSPS) is 17.4. The lowest BCUT2D eigenvalue weighted by Crippen LogP contribution is -2.58. The summed E-state index contributed by atoms with van der Waals surface area (Å²) in [7, 11) is 0. The molecule has 6 rings (SSSR count). The number of β-amino-alcohol motifs (C(OH)–C–C–N with tert-alkyl or cyclic N) is 1. The van der Waals surface area contributed by atoms with E-state index in [1.54, 1.807) is 80.6 Å². The smallest absolute Gasteiger partial charge is 0.417 e. The van der Waals surface area contributed by atoms with Crippen LogP contribution in [-0.4, -0.2) is 120 Å². The predicted molar refractivity (Wildman–Crippen MR) is 259 cm³/mol. The highest BCUT2D eigenvalue weighted by atomic mass is 32.1. The molecule has 0 unspecified atom stereocenters. The minimum atomic E-state index is -4.81. The number of aromatic nitrogens is 1. The number of carbonyl (C=O) groups is 4. The van der Waals surface area contributed by atoms with Crippen LogP contribution < -0.4 is 25.2 Å². The van der Waals surface area contributed by atoms with Gasteiger partial charge in [0.15, 0.2) is 5.11 Å². The summed E-state index contributed by atoms with van der Waals surface area (Å²) in [4.78, 5) is 63.1. The van der Waals surface area contributed by atoms with Crippen molar-refractivity contribution in [2.75, 3.05) is 62.6 Å². The molecule has 16 nitrogen and oxygen atoms in total. The van der Waals surface area contributed by atoms with Gasteiger partial charge in [-0.3, -0.25) is 24.1 Å². The molecule has 2 saturated heterocycles. The summed E-state index contributed by atoms with van der Waals surface area (Å²) in [6.45, 7) is 11.6. The molecule has 4 amide bonds. The molecular weight excluding hydrogens is 952 g/mol. The molecule has 0 aliphatic carbocycles. The standard InChI is InChI=1S/C49H56F3N7O9S2/c1-30-41(70-29-55-30)32-9-7-31(8-10-32)26-54-43(62)39-24-36(60)27-57(39)44(63)42(47(2,3)4)56-40(61)28-67-20-19-65-17-18-66-21-22-68-37-15-13-34(14-16-37)59-46(69)58(45(64)48(59,5)6)35-12-11-33(25-53)38(23-35)49(50,51)52/h7-16,23,29,36,39,42,60H,17-22,24,26-28H2,1-6H3,(H,54,62)(H,56,61)/t36-,39-,42+/m0/s1. The van der Waals surface area contributed by atoms with Gasteiger partial charge in [-0.1, -0.05) is 45.0 Å². The van der Waals surface area contributed by atoms with E-state index in [4.69, 9.17) is 31.2 Å². The number of carbonyl (C=O) groups excluding carboxylic acids is 4. The van der Waals surface area contributed by atoms with Crippen molar-refractivity contribution >= 4 is 63.7 Å². The molecule has 4 aromatic rings. The fraction of sp³-hybridized carbons (Fsp3) is 0.449. The zero-order valence-electron chi connectivity index (χ0n) is 39.6. The number of thiazole rings is 1. The van der Waals surface area contributed by atoms with Crippen molar-refractivity contribution < 1.29 is 56.4 Å². The lowest BCUT2D eigenvalue weighted by atomic mass is 9.85. The zero-order valence-corrected chi connectivity index (χ0v) is 41.3. The summed E-state index contributed by atoms with van der Waals surface area (Å²) in [5, 5.41) is 25.4. The third-order valence-corrected chi connectivity index (χ3v) is 13.0. The molecule has 3 aromatic carbocycles. The molecule has 0 radical (unpaired) electrons. The van der Waals surface area contributed by atoms with E-state index < -0.39 is 70.1 Å². The second-order valence-corrected chi connectivity index (χ2v) is 19.4. The highest BCUT2D eigenvalue weighted by molar-refractivity contribution is 7.81. The number of hydrogen-bond acceptors (Lipinski definition) is 13. The molecule has 374 valence electrons. The molecule has 0 spiro atoms. The van der Waals surface area contributed by atoms with Crippen LogP contribution in [0, 0.1) is 23.7 Å². The number of alkyl halides is 3. The van der Waals surface area contributed by atoms with E-state index >= 15 is 0 Å². The molecule has 0 saturated carbocycles. The number of halogens is 3. The Labute approximate surface area is 413 Å². The molecule has 2 aliphatic heterocycles. The van der Waals surface area contributed by atoms with Crippen LogP contribution in [0.15, 0.2) is 72.2 Å². The van der Waals surface area contributed by atoms with Gasteiger partial charge in [-0.15, -0.1) is 11.3 Å². The lowest BCUT2D eigenvalue weighted by Gasteiger charge is -2.35. The number of nitrogens with one attached hydrogen (secondary N) is 2. The van der Waals surface area contributed by atoms with E-state index in [9.17, 15) is 42.7 Å². The maximum Gasteiger partial charge on any atom is 0.417 e. The first-order chi connectivity index (χ1) is 33.1. The van der Waals surface area contributed by atoms with Crippen LogP contribution in [0.25, 0.3) is 10.4 Å². The second kappa shape index (κ2) is 22.8. The van der Waals surface area contributed by atoms with Gasteiger partial charge in [0, 0.05) is 25.2 Å². The molecule has 1 aromatic heterocycles. The van der Waals surface area contributed by atoms with E-state index in [0.29, 0.717) is 11.4 Å². The molecule has 3 heterocycles. The fourth-order valence-electron chi connectivity index (χ4n) is 7.96. The number of thiocarbonyl (C=S) groups is 1. The van der Waals surface area contributed by atoms with E-state index in [-0.39, 0.29) is 76.6 Å². The Balaban J connectivity index is 0.867. The highest BCUT2D eigenvalue weighted by Gasteiger charge is 2.51. The van der Waals surface area contributed by atoms with Gasteiger partial charge in [0.05, 0.1) is 78.1 Å². The topological polar surface area (TPSA) is 196 Å². The average Bonchev–Trinajstić information content (AvgIpc) is 3.98. The SMILES string of the molecule is Cc1ncsc1-c1ccc(CNC(=O)[C@@H]2C[C@H](O)CN2C(=O)[C@@H](NC(=O)COCCOCCOCCOc2ccc(N3C(=S)N(c4ccc(C#N)c(C(F)(F)F)c4)C(=O)C3(C)C)cc2)C(C)(C)C)cc1. The summed E-state index contributed by atoms with van der Waals surface area (Å²) in [5.41, 5.74) is 1.34. The Morgan fingerprint density at radius 2 is 1.59 bits per heavy atom. The van der Waals surface area contributed by atoms with Crippen LogP contribution in [0.3, 0.4) is 0 Å². The van der Waals surface area contributed by atoms with Crippen LogP contribution in [-0.2, 0) is 46.1 Å². The van der Waals surface area contributed by atoms with E-state index in [0.717, 1.165) is 38.7 Å². The molecule has 2 fully saturated rings. The Bertz CT molecular complexity index is 2560.